The fourth-order valence-corrected chi connectivity index (χ4v) is 4.07. The largest absolute Gasteiger partial charge is 0.444 e. The number of amides is 1. The fourth-order valence-electron chi connectivity index (χ4n) is 3.58. The number of aromatic nitrogens is 3. The van der Waals surface area contributed by atoms with E-state index in [-0.39, 0.29) is 6.09 Å². The lowest BCUT2D eigenvalue weighted by atomic mass is 10.2. The van der Waals surface area contributed by atoms with Gasteiger partial charge >= 0.3 is 6.09 Å². The molecule has 0 spiro atoms. The zero-order chi connectivity index (χ0) is 21.3. The summed E-state index contributed by atoms with van der Waals surface area (Å²) in [5, 5.41) is 0.938. The van der Waals surface area contributed by atoms with Gasteiger partial charge in [0.15, 0.2) is 0 Å². The second-order valence-electron chi connectivity index (χ2n) is 8.42. The SMILES string of the molecule is CC(C)(C)OC(=O)N1CCN(c2nc(N3CCOCC3)nc3cncc(Br)c23)CC1. The average Bonchev–Trinajstić information content (AvgIpc) is 2.73. The summed E-state index contributed by atoms with van der Waals surface area (Å²) < 4.78 is 11.8. The van der Waals surface area contributed by atoms with Gasteiger partial charge in [-0.2, -0.15) is 4.98 Å². The van der Waals surface area contributed by atoms with Gasteiger partial charge in [-0.15, -0.1) is 0 Å². The van der Waals surface area contributed by atoms with Crippen LogP contribution >= 0.6 is 15.9 Å². The van der Waals surface area contributed by atoms with Crippen molar-refractivity contribution in [2.24, 2.45) is 0 Å². The number of halogens is 1. The van der Waals surface area contributed by atoms with Crippen molar-refractivity contribution in [3.63, 3.8) is 0 Å². The lowest BCUT2D eigenvalue weighted by Crippen LogP contribution is -2.50. The van der Waals surface area contributed by atoms with Crippen LogP contribution < -0.4 is 9.80 Å². The maximum absolute atomic E-state index is 12.4. The minimum Gasteiger partial charge on any atom is -0.444 e. The van der Waals surface area contributed by atoms with Crippen molar-refractivity contribution in [2.75, 3.05) is 62.3 Å². The smallest absolute Gasteiger partial charge is 0.410 e. The summed E-state index contributed by atoms with van der Waals surface area (Å²) in [6.45, 7) is 11.0. The minimum absolute atomic E-state index is 0.269. The van der Waals surface area contributed by atoms with Crippen LogP contribution in [-0.4, -0.2) is 84.0 Å². The van der Waals surface area contributed by atoms with Crippen LogP contribution in [0, 0.1) is 0 Å². The Kier molecular flexibility index (Phi) is 5.97. The molecule has 0 atom stereocenters. The van der Waals surface area contributed by atoms with Crippen molar-refractivity contribution in [3.8, 4) is 0 Å². The Hall–Kier alpha value is -2.20. The van der Waals surface area contributed by atoms with E-state index in [1.54, 1.807) is 17.3 Å². The molecule has 2 fully saturated rings. The Bertz CT molecular complexity index is 921. The van der Waals surface area contributed by atoms with Gasteiger partial charge in [-0.3, -0.25) is 4.98 Å². The summed E-state index contributed by atoms with van der Waals surface area (Å²) in [4.78, 5) is 32.5. The zero-order valence-corrected chi connectivity index (χ0v) is 19.2. The molecular weight excluding hydrogens is 452 g/mol. The molecule has 0 unspecified atom stereocenters. The number of pyridine rings is 1. The second kappa shape index (κ2) is 8.50. The van der Waals surface area contributed by atoms with E-state index < -0.39 is 5.60 Å². The van der Waals surface area contributed by atoms with E-state index in [1.807, 2.05) is 20.8 Å². The van der Waals surface area contributed by atoms with Gasteiger partial charge in [-0.1, -0.05) is 0 Å². The molecule has 4 rings (SSSR count). The molecule has 30 heavy (non-hydrogen) atoms. The van der Waals surface area contributed by atoms with E-state index in [4.69, 9.17) is 19.4 Å². The van der Waals surface area contributed by atoms with Gasteiger partial charge in [0.05, 0.1) is 30.3 Å². The number of nitrogens with zero attached hydrogens (tertiary/aromatic N) is 6. The van der Waals surface area contributed by atoms with Gasteiger partial charge in [-0.25, -0.2) is 9.78 Å². The standard InChI is InChI=1S/C20H27BrN6O3/c1-20(2,3)30-19(28)27-6-4-25(5-7-27)17-16-14(21)12-22-13-15(16)23-18(24-17)26-8-10-29-11-9-26/h12-13H,4-11H2,1-3H3. The summed E-state index contributed by atoms with van der Waals surface area (Å²) in [6, 6.07) is 0. The normalized spacial score (nSPS) is 18.1. The topological polar surface area (TPSA) is 83.9 Å². The molecule has 0 bridgehead atoms. The molecule has 2 aliphatic heterocycles. The van der Waals surface area contributed by atoms with Gasteiger partial charge < -0.3 is 24.2 Å². The molecule has 2 saturated heterocycles. The molecule has 0 saturated carbocycles. The highest BCUT2D eigenvalue weighted by molar-refractivity contribution is 9.10. The van der Waals surface area contributed by atoms with Gasteiger partial charge in [0.25, 0.3) is 0 Å². The van der Waals surface area contributed by atoms with Crippen LogP contribution in [-0.2, 0) is 9.47 Å². The number of hydrogen-bond acceptors (Lipinski definition) is 8. The van der Waals surface area contributed by atoms with E-state index in [1.165, 1.54) is 0 Å². The number of piperazine rings is 1. The predicted molar refractivity (Wildman–Crippen MR) is 118 cm³/mol. The molecule has 162 valence electrons. The Morgan fingerprint density at radius 2 is 1.73 bits per heavy atom. The number of ether oxygens (including phenoxy) is 2. The van der Waals surface area contributed by atoms with E-state index in [0.29, 0.717) is 45.3 Å². The van der Waals surface area contributed by atoms with Crippen molar-refractivity contribution >= 4 is 44.7 Å². The lowest BCUT2D eigenvalue weighted by Gasteiger charge is -2.37. The van der Waals surface area contributed by atoms with E-state index in [2.05, 4.69) is 30.7 Å². The Morgan fingerprint density at radius 3 is 2.40 bits per heavy atom. The number of anilines is 2. The first-order chi connectivity index (χ1) is 14.3. The molecule has 9 nitrogen and oxygen atoms in total. The van der Waals surface area contributed by atoms with Crippen LogP contribution in [0.4, 0.5) is 16.6 Å². The maximum atomic E-state index is 12.4. The molecule has 0 aliphatic carbocycles. The van der Waals surface area contributed by atoms with Crippen molar-refractivity contribution in [1.29, 1.82) is 0 Å². The minimum atomic E-state index is -0.498. The van der Waals surface area contributed by atoms with Gasteiger partial charge in [0, 0.05) is 49.9 Å². The summed E-state index contributed by atoms with van der Waals surface area (Å²) in [5.41, 5.74) is 0.299. The van der Waals surface area contributed by atoms with Crippen molar-refractivity contribution in [1.82, 2.24) is 19.9 Å². The Morgan fingerprint density at radius 1 is 1.03 bits per heavy atom. The third kappa shape index (κ3) is 4.59. The van der Waals surface area contributed by atoms with Crippen molar-refractivity contribution in [3.05, 3.63) is 16.9 Å². The van der Waals surface area contributed by atoms with Crippen LogP contribution in [0.5, 0.6) is 0 Å². The van der Waals surface area contributed by atoms with Crippen LogP contribution in [0.3, 0.4) is 0 Å². The average molecular weight is 479 g/mol. The van der Waals surface area contributed by atoms with Gasteiger partial charge in [0.1, 0.15) is 11.4 Å². The molecule has 2 aliphatic rings. The second-order valence-corrected chi connectivity index (χ2v) is 9.27. The van der Waals surface area contributed by atoms with Crippen LogP contribution in [0.1, 0.15) is 20.8 Å². The molecule has 2 aromatic heterocycles. The summed E-state index contributed by atoms with van der Waals surface area (Å²) in [5.74, 6) is 1.55. The highest BCUT2D eigenvalue weighted by atomic mass is 79.9. The number of carbonyl (C=O) groups is 1. The molecule has 0 N–H and O–H groups in total. The van der Waals surface area contributed by atoms with E-state index in [9.17, 15) is 4.79 Å². The molecule has 1 amide bonds. The van der Waals surface area contributed by atoms with Gasteiger partial charge in [-0.05, 0) is 36.7 Å². The summed E-state index contributed by atoms with van der Waals surface area (Å²) in [7, 11) is 0. The van der Waals surface area contributed by atoms with Gasteiger partial charge in [0.2, 0.25) is 5.95 Å². The number of fused-ring (bicyclic) bond motifs is 1. The number of carbonyl (C=O) groups excluding carboxylic acids is 1. The lowest BCUT2D eigenvalue weighted by molar-refractivity contribution is 0.0240. The Labute approximate surface area is 184 Å². The first-order valence-corrected chi connectivity index (χ1v) is 11.0. The van der Waals surface area contributed by atoms with Crippen LogP contribution in [0.25, 0.3) is 10.9 Å². The quantitative estimate of drug-likeness (QED) is 0.651. The maximum Gasteiger partial charge on any atom is 0.410 e. The highest BCUT2D eigenvalue weighted by Gasteiger charge is 2.28. The zero-order valence-electron chi connectivity index (χ0n) is 17.6. The number of hydrogen-bond donors (Lipinski definition) is 0. The third-order valence-corrected chi connectivity index (χ3v) is 5.66. The Balaban J connectivity index is 1.59. The van der Waals surface area contributed by atoms with Crippen LogP contribution in [0.15, 0.2) is 16.9 Å². The number of rotatable bonds is 2. The fraction of sp³-hybridized carbons (Fsp3) is 0.600. The highest BCUT2D eigenvalue weighted by Crippen LogP contribution is 2.32. The predicted octanol–water partition coefficient (Wildman–Crippen LogP) is 2.68. The molecule has 0 radical (unpaired) electrons. The monoisotopic (exact) mass is 478 g/mol. The summed E-state index contributed by atoms with van der Waals surface area (Å²) in [6.07, 6.45) is 3.27. The first-order valence-electron chi connectivity index (χ1n) is 10.2. The van der Waals surface area contributed by atoms with Crippen molar-refractivity contribution < 1.29 is 14.3 Å². The van der Waals surface area contributed by atoms with E-state index in [0.717, 1.165) is 34.3 Å². The molecule has 0 aromatic carbocycles. The molecule has 2 aromatic rings. The number of morpholine rings is 1. The first kappa shape index (κ1) is 21.0. The van der Waals surface area contributed by atoms with E-state index >= 15 is 0 Å². The molecular formula is C20H27BrN6O3. The van der Waals surface area contributed by atoms with Crippen LogP contribution in [0.2, 0.25) is 0 Å². The van der Waals surface area contributed by atoms with Crippen molar-refractivity contribution in [2.45, 2.75) is 26.4 Å². The third-order valence-electron chi connectivity index (χ3n) is 5.05. The molecule has 10 heteroatoms. The summed E-state index contributed by atoms with van der Waals surface area (Å²) >= 11 is 3.62. The molecule has 4 heterocycles.